The third kappa shape index (κ3) is 6.90. The van der Waals surface area contributed by atoms with Gasteiger partial charge in [0.25, 0.3) is 0 Å². The highest BCUT2D eigenvalue weighted by Gasteiger charge is 2.26. The second-order valence-corrected chi connectivity index (χ2v) is 8.91. The molecule has 160 valence electrons. The minimum Gasteiger partial charge on any atom is -0.386 e. The number of allylic oxidation sites excluding steroid dienone is 3. The van der Waals surface area contributed by atoms with Crippen LogP contribution in [0.15, 0.2) is 71.1 Å². The lowest BCUT2D eigenvalue weighted by Gasteiger charge is -2.27. The van der Waals surface area contributed by atoms with Crippen molar-refractivity contribution in [2.75, 3.05) is 6.54 Å². The molecule has 0 bridgehead atoms. The van der Waals surface area contributed by atoms with Gasteiger partial charge in [0, 0.05) is 50.5 Å². The van der Waals surface area contributed by atoms with Crippen LogP contribution in [0.25, 0.3) is 0 Å². The summed E-state index contributed by atoms with van der Waals surface area (Å²) in [6.45, 7) is 6.39. The number of nitrogens with one attached hydrogen (secondary N) is 3. The molecule has 1 aliphatic carbocycles. The second kappa shape index (κ2) is 11.2. The van der Waals surface area contributed by atoms with Crippen molar-refractivity contribution in [2.45, 2.75) is 45.8 Å². The molecule has 30 heavy (non-hydrogen) atoms. The van der Waals surface area contributed by atoms with Crippen LogP contribution in [0.2, 0.25) is 0 Å². The summed E-state index contributed by atoms with van der Waals surface area (Å²) in [5.74, 6) is 0.768. The molecule has 1 saturated carbocycles. The quantitative estimate of drug-likeness (QED) is 0.313. The number of benzene rings is 1. The highest BCUT2D eigenvalue weighted by molar-refractivity contribution is 8.02. The molecular weight excluding hydrogens is 390 g/mol. The molecule has 0 saturated heterocycles. The van der Waals surface area contributed by atoms with Gasteiger partial charge in [-0.3, -0.25) is 4.72 Å². The summed E-state index contributed by atoms with van der Waals surface area (Å²) in [7, 11) is 0. The SMILES string of the molecule is C/C(=C\N1C=C(C2CC2)C=CC1C)CN/C=C(\C=N)SNCc1ccc(CN)cc1. The van der Waals surface area contributed by atoms with Gasteiger partial charge < -0.3 is 21.4 Å². The third-order valence-electron chi connectivity index (χ3n) is 5.25. The van der Waals surface area contributed by atoms with Gasteiger partial charge in [-0.05, 0) is 66.8 Å². The monoisotopic (exact) mass is 423 g/mol. The fourth-order valence-corrected chi connectivity index (χ4v) is 3.81. The topological polar surface area (TPSA) is 77.2 Å². The molecule has 1 aromatic rings. The fraction of sp³-hybridized carbons (Fsp3) is 0.375. The van der Waals surface area contributed by atoms with E-state index in [0.29, 0.717) is 12.6 Å². The Bertz CT molecular complexity index is 834. The average Bonchev–Trinajstić information content (AvgIpc) is 3.60. The molecule has 3 rings (SSSR count). The van der Waals surface area contributed by atoms with Gasteiger partial charge in [0.1, 0.15) is 0 Å². The Morgan fingerprint density at radius 1 is 1.27 bits per heavy atom. The van der Waals surface area contributed by atoms with Gasteiger partial charge in [-0.15, -0.1) is 0 Å². The maximum Gasteiger partial charge on any atom is 0.0560 e. The zero-order valence-electron chi connectivity index (χ0n) is 17.9. The van der Waals surface area contributed by atoms with Gasteiger partial charge >= 0.3 is 0 Å². The molecule has 0 radical (unpaired) electrons. The van der Waals surface area contributed by atoms with Crippen molar-refractivity contribution in [1.29, 1.82) is 5.41 Å². The summed E-state index contributed by atoms with van der Waals surface area (Å²) in [4.78, 5) is 3.14. The summed E-state index contributed by atoms with van der Waals surface area (Å²) in [6, 6.07) is 8.64. The lowest BCUT2D eigenvalue weighted by atomic mass is 10.1. The fourth-order valence-electron chi connectivity index (χ4n) is 3.20. The Kier molecular flexibility index (Phi) is 8.37. The van der Waals surface area contributed by atoms with Crippen molar-refractivity contribution < 1.29 is 0 Å². The van der Waals surface area contributed by atoms with Crippen molar-refractivity contribution in [1.82, 2.24) is 14.9 Å². The van der Waals surface area contributed by atoms with Crippen molar-refractivity contribution >= 4 is 18.2 Å². The number of hydrogen-bond acceptors (Lipinski definition) is 6. The van der Waals surface area contributed by atoms with Gasteiger partial charge in [0.05, 0.1) is 4.91 Å². The van der Waals surface area contributed by atoms with E-state index in [1.165, 1.54) is 47.7 Å². The van der Waals surface area contributed by atoms with Gasteiger partial charge in [-0.25, -0.2) is 0 Å². The molecule has 1 atom stereocenters. The number of hydrogen-bond donors (Lipinski definition) is 4. The lowest BCUT2D eigenvalue weighted by Crippen LogP contribution is -2.25. The van der Waals surface area contributed by atoms with Crippen molar-refractivity contribution in [3.05, 3.63) is 82.2 Å². The molecule has 1 unspecified atom stereocenters. The number of nitrogens with zero attached hydrogens (tertiary/aromatic N) is 1. The van der Waals surface area contributed by atoms with E-state index in [4.69, 9.17) is 11.1 Å². The highest BCUT2D eigenvalue weighted by atomic mass is 32.2. The Balaban J connectivity index is 1.44. The van der Waals surface area contributed by atoms with Crippen LogP contribution < -0.4 is 15.8 Å². The maximum absolute atomic E-state index is 7.64. The Labute approximate surface area is 184 Å². The van der Waals surface area contributed by atoms with E-state index < -0.39 is 0 Å². The van der Waals surface area contributed by atoms with E-state index in [9.17, 15) is 0 Å². The summed E-state index contributed by atoms with van der Waals surface area (Å²) in [5.41, 5.74) is 10.7. The number of nitrogens with two attached hydrogens (primary N) is 1. The first-order valence-corrected chi connectivity index (χ1v) is 11.4. The van der Waals surface area contributed by atoms with Crippen LogP contribution in [0.4, 0.5) is 0 Å². The minimum absolute atomic E-state index is 0.383. The van der Waals surface area contributed by atoms with Crippen LogP contribution in [0.1, 0.15) is 37.8 Å². The third-order valence-corrected chi connectivity index (χ3v) is 6.01. The maximum atomic E-state index is 7.64. The van der Waals surface area contributed by atoms with E-state index >= 15 is 0 Å². The van der Waals surface area contributed by atoms with E-state index in [-0.39, 0.29) is 0 Å². The Morgan fingerprint density at radius 3 is 2.67 bits per heavy atom. The van der Waals surface area contributed by atoms with Crippen molar-refractivity contribution in [2.24, 2.45) is 11.7 Å². The smallest absolute Gasteiger partial charge is 0.0560 e. The molecule has 6 heteroatoms. The standard InChI is InChI=1S/C24H33N5S/c1-18(16-29-17-23(22-9-10-22)8-3-19(29)2)13-27-15-24(12-26)30-28-14-21-6-4-20(11-25)5-7-21/h3-8,12,15-17,19,22,26-28H,9-11,13-14,25H2,1-2H3/b18-16+,24-15+,26-12?. The molecule has 1 aromatic carbocycles. The van der Waals surface area contributed by atoms with Crippen molar-refractivity contribution in [3.63, 3.8) is 0 Å². The molecule has 0 amide bonds. The molecule has 0 spiro atoms. The molecule has 1 aliphatic heterocycles. The Morgan fingerprint density at radius 2 is 2.00 bits per heavy atom. The van der Waals surface area contributed by atoms with Crippen LogP contribution in [-0.2, 0) is 13.1 Å². The van der Waals surface area contributed by atoms with E-state index in [0.717, 1.165) is 29.5 Å². The van der Waals surface area contributed by atoms with Crippen LogP contribution in [0.5, 0.6) is 0 Å². The predicted molar refractivity (Wildman–Crippen MR) is 129 cm³/mol. The molecule has 2 aliphatic rings. The van der Waals surface area contributed by atoms with Gasteiger partial charge in [0.15, 0.2) is 0 Å². The first-order chi connectivity index (χ1) is 14.6. The van der Waals surface area contributed by atoms with E-state index in [2.05, 4.69) is 65.5 Å². The van der Waals surface area contributed by atoms with Gasteiger partial charge in [0.2, 0.25) is 0 Å². The van der Waals surface area contributed by atoms with Crippen LogP contribution in [0.3, 0.4) is 0 Å². The summed E-state index contributed by atoms with van der Waals surface area (Å²) >= 11 is 1.46. The molecule has 5 N–H and O–H groups in total. The number of rotatable bonds is 11. The molecular formula is C24H33N5S. The summed E-state index contributed by atoms with van der Waals surface area (Å²) < 4.78 is 3.31. The zero-order chi connectivity index (χ0) is 21.3. The van der Waals surface area contributed by atoms with Gasteiger partial charge in [-0.1, -0.05) is 36.4 Å². The van der Waals surface area contributed by atoms with E-state index in [1.54, 1.807) is 0 Å². The first-order valence-electron chi connectivity index (χ1n) is 10.6. The lowest BCUT2D eigenvalue weighted by molar-refractivity contribution is 0.436. The largest absolute Gasteiger partial charge is 0.386 e. The predicted octanol–water partition coefficient (Wildman–Crippen LogP) is 4.42. The van der Waals surface area contributed by atoms with Crippen LogP contribution in [0, 0.1) is 11.3 Å². The molecule has 0 aromatic heterocycles. The molecule has 1 fully saturated rings. The van der Waals surface area contributed by atoms with Gasteiger partial charge in [-0.2, -0.15) is 0 Å². The summed E-state index contributed by atoms with van der Waals surface area (Å²) in [6.07, 6.45) is 15.0. The minimum atomic E-state index is 0.383. The van der Waals surface area contributed by atoms with Crippen LogP contribution in [-0.4, -0.2) is 23.7 Å². The summed E-state index contributed by atoms with van der Waals surface area (Å²) in [5, 5.41) is 11.0. The van der Waals surface area contributed by atoms with Crippen LogP contribution >= 0.6 is 11.9 Å². The molecule has 1 heterocycles. The normalized spacial score (nSPS) is 19.6. The van der Waals surface area contributed by atoms with Crippen molar-refractivity contribution in [3.8, 4) is 0 Å². The zero-order valence-corrected chi connectivity index (χ0v) is 18.7. The Hall–Kier alpha value is -2.28. The molecule has 5 nitrogen and oxygen atoms in total. The second-order valence-electron chi connectivity index (χ2n) is 7.94. The van der Waals surface area contributed by atoms with E-state index in [1.807, 2.05) is 18.3 Å². The highest BCUT2D eigenvalue weighted by Crippen LogP contribution is 2.38. The average molecular weight is 424 g/mol. The first kappa shape index (κ1) is 22.4.